The van der Waals surface area contributed by atoms with Gasteiger partial charge in [-0.3, -0.25) is 14.4 Å². The molecule has 0 radical (unpaired) electrons. The van der Waals surface area contributed by atoms with E-state index in [-0.39, 0.29) is 23.4 Å². The van der Waals surface area contributed by atoms with Crippen LogP contribution in [0.15, 0.2) is 35.2 Å². The predicted molar refractivity (Wildman–Crippen MR) is 108 cm³/mol. The average molecular weight is 408 g/mol. The summed E-state index contributed by atoms with van der Waals surface area (Å²) in [6.45, 7) is 7.54. The molecule has 0 aliphatic carbocycles. The van der Waals surface area contributed by atoms with E-state index in [1.54, 1.807) is 12.1 Å². The molecule has 1 unspecified atom stereocenters. The minimum atomic E-state index is -3.70. The van der Waals surface area contributed by atoms with Crippen LogP contribution in [0.5, 0.6) is 0 Å². The Morgan fingerprint density at radius 2 is 1.93 bits per heavy atom. The van der Waals surface area contributed by atoms with Crippen LogP contribution in [-0.2, 0) is 21.4 Å². The van der Waals surface area contributed by atoms with Crippen molar-refractivity contribution >= 4 is 15.9 Å². The van der Waals surface area contributed by atoms with E-state index >= 15 is 0 Å². The maximum Gasteiger partial charge on any atom is 0.238 e. The number of amides is 1. The topological polar surface area (TPSA) is 110 Å². The molecule has 0 saturated carbocycles. The zero-order valence-corrected chi connectivity index (χ0v) is 17.7. The monoisotopic (exact) mass is 407 g/mol. The van der Waals surface area contributed by atoms with Gasteiger partial charge in [0.1, 0.15) is 0 Å². The molecule has 28 heavy (non-hydrogen) atoms. The fraction of sp³-hybridized carbons (Fsp3) is 0.474. The Bertz CT molecular complexity index is 906. The lowest BCUT2D eigenvalue weighted by molar-refractivity contribution is -0.122. The number of nitrogens with two attached hydrogens (primary N) is 1. The highest BCUT2D eigenvalue weighted by atomic mass is 32.2. The highest BCUT2D eigenvalue weighted by molar-refractivity contribution is 7.89. The van der Waals surface area contributed by atoms with Crippen LogP contribution in [0.3, 0.4) is 0 Å². The van der Waals surface area contributed by atoms with Crippen molar-refractivity contribution in [3.05, 3.63) is 47.3 Å². The van der Waals surface area contributed by atoms with E-state index < -0.39 is 10.0 Å². The summed E-state index contributed by atoms with van der Waals surface area (Å²) < 4.78 is 24.6. The van der Waals surface area contributed by atoms with Gasteiger partial charge in [0.2, 0.25) is 15.9 Å². The van der Waals surface area contributed by atoms with E-state index in [4.69, 9.17) is 5.14 Å². The second-order valence-electron chi connectivity index (χ2n) is 7.06. The number of carbonyl (C=O) groups excluding carboxylic acids is 1. The van der Waals surface area contributed by atoms with E-state index in [1.807, 2.05) is 43.5 Å². The Labute approximate surface area is 166 Å². The molecule has 1 aromatic carbocycles. The first-order valence-corrected chi connectivity index (χ1v) is 10.7. The summed E-state index contributed by atoms with van der Waals surface area (Å²) >= 11 is 0. The maximum absolute atomic E-state index is 12.2. The fourth-order valence-corrected chi connectivity index (χ4v) is 3.48. The van der Waals surface area contributed by atoms with Gasteiger partial charge >= 0.3 is 0 Å². The molecule has 1 atom stereocenters. The van der Waals surface area contributed by atoms with Crippen LogP contribution in [0.4, 0.5) is 0 Å². The van der Waals surface area contributed by atoms with Gasteiger partial charge in [0, 0.05) is 24.8 Å². The van der Waals surface area contributed by atoms with Crippen molar-refractivity contribution in [1.82, 2.24) is 20.0 Å². The summed E-state index contributed by atoms with van der Waals surface area (Å²) in [6, 6.07) is 8.38. The standard InChI is InChI=1S/C19H29N5O3S/c1-14-12-15(2)24(22-14)11-5-10-21-19(25)13-23(4)16(3)17-6-8-18(9-7-17)28(20,26)27/h6-9,12,16H,5,10-11,13H2,1-4H3,(H,21,25)(H2,20,26,27). The number of rotatable bonds is 9. The van der Waals surface area contributed by atoms with Crippen LogP contribution in [0.2, 0.25) is 0 Å². The molecule has 9 heteroatoms. The number of nitrogens with zero attached hydrogens (tertiary/aromatic N) is 3. The zero-order chi connectivity index (χ0) is 20.9. The Kier molecular flexibility index (Phi) is 7.34. The predicted octanol–water partition coefficient (Wildman–Crippen LogP) is 1.35. The van der Waals surface area contributed by atoms with Crippen LogP contribution in [0.25, 0.3) is 0 Å². The van der Waals surface area contributed by atoms with Crippen molar-refractivity contribution in [3.8, 4) is 0 Å². The lowest BCUT2D eigenvalue weighted by Gasteiger charge is -2.24. The third-order valence-corrected chi connectivity index (χ3v) is 5.65. The second-order valence-corrected chi connectivity index (χ2v) is 8.62. The molecular weight excluding hydrogens is 378 g/mol. The summed E-state index contributed by atoms with van der Waals surface area (Å²) in [5.41, 5.74) is 3.02. The molecule has 1 amide bonds. The summed E-state index contributed by atoms with van der Waals surface area (Å²) in [5.74, 6) is -0.0520. The largest absolute Gasteiger partial charge is 0.355 e. The Hall–Kier alpha value is -2.23. The van der Waals surface area contributed by atoms with Crippen molar-refractivity contribution < 1.29 is 13.2 Å². The number of hydrogen-bond donors (Lipinski definition) is 2. The van der Waals surface area contributed by atoms with E-state index in [9.17, 15) is 13.2 Å². The molecule has 2 aromatic rings. The Morgan fingerprint density at radius 1 is 1.29 bits per heavy atom. The Balaban J connectivity index is 1.78. The molecule has 0 spiro atoms. The van der Waals surface area contributed by atoms with Gasteiger partial charge in [-0.25, -0.2) is 13.6 Å². The number of benzene rings is 1. The minimum Gasteiger partial charge on any atom is -0.355 e. The normalized spacial score (nSPS) is 12.9. The minimum absolute atomic E-state index is 0.0463. The van der Waals surface area contributed by atoms with E-state index in [0.29, 0.717) is 6.54 Å². The average Bonchev–Trinajstić information content (AvgIpc) is 2.94. The van der Waals surface area contributed by atoms with Gasteiger partial charge in [0.25, 0.3) is 0 Å². The molecule has 0 aliphatic rings. The summed E-state index contributed by atoms with van der Waals surface area (Å²) in [7, 11) is -1.85. The summed E-state index contributed by atoms with van der Waals surface area (Å²) in [4.78, 5) is 14.2. The van der Waals surface area contributed by atoms with Crippen LogP contribution in [0, 0.1) is 13.8 Å². The molecule has 3 N–H and O–H groups in total. The van der Waals surface area contributed by atoms with Gasteiger partial charge in [0.05, 0.1) is 17.1 Å². The van der Waals surface area contributed by atoms with Crippen LogP contribution in [-0.4, -0.2) is 49.1 Å². The number of nitrogens with one attached hydrogen (secondary N) is 1. The first-order valence-electron chi connectivity index (χ1n) is 9.18. The van der Waals surface area contributed by atoms with Gasteiger partial charge in [-0.1, -0.05) is 12.1 Å². The number of hydrogen-bond acceptors (Lipinski definition) is 5. The molecule has 8 nitrogen and oxygen atoms in total. The van der Waals surface area contributed by atoms with E-state index in [2.05, 4.69) is 10.4 Å². The molecule has 154 valence electrons. The smallest absolute Gasteiger partial charge is 0.238 e. The molecular formula is C19H29N5O3S. The molecule has 2 rings (SSSR count). The van der Waals surface area contributed by atoms with Crippen molar-refractivity contribution in [1.29, 1.82) is 0 Å². The molecule has 0 fully saturated rings. The highest BCUT2D eigenvalue weighted by Crippen LogP contribution is 2.20. The first-order chi connectivity index (χ1) is 13.1. The highest BCUT2D eigenvalue weighted by Gasteiger charge is 2.16. The fourth-order valence-electron chi connectivity index (χ4n) is 2.97. The number of aromatic nitrogens is 2. The quantitative estimate of drug-likeness (QED) is 0.610. The van der Waals surface area contributed by atoms with Crippen LogP contribution < -0.4 is 10.5 Å². The molecule has 0 bridgehead atoms. The van der Waals surface area contributed by atoms with Gasteiger partial charge in [-0.05, 0) is 58.0 Å². The van der Waals surface area contributed by atoms with Crippen molar-refractivity contribution in [3.63, 3.8) is 0 Å². The van der Waals surface area contributed by atoms with E-state index in [0.717, 1.165) is 29.9 Å². The Morgan fingerprint density at radius 3 is 2.46 bits per heavy atom. The number of primary sulfonamides is 1. The molecule has 1 aromatic heterocycles. The van der Waals surface area contributed by atoms with Gasteiger partial charge < -0.3 is 5.32 Å². The van der Waals surface area contributed by atoms with Gasteiger partial charge in [0.15, 0.2) is 0 Å². The van der Waals surface area contributed by atoms with Gasteiger partial charge in [-0.15, -0.1) is 0 Å². The number of sulfonamides is 1. The number of aryl methyl sites for hydroxylation is 3. The lowest BCUT2D eigenvalue weighted by atomic mass is 10.1. The van der Waals surface area contributed by atoms with Crippen molar-refractivity contribution in [2.75, 3.05) is 20.1 Å². The van der Waals surface area contributed by atoms with Crippen molar-refractivity contribution in [2.45, 2.75) is 44.7 Å². The third-order valence-electron chi connectivity index (χ3n) is 4.72. The van der Waals surface area contributed by atoms with Gasteiger partial charge in [-0.2, -0.15) is 5.10 Å². The lowest BCUT2D eigenvalue weighted by Crippen LogP contribution is -2.37. The maximum atomic E-state index is 12.2. The molecule has 0 saturated heterocycles. The van der Waals surface area contributed by atoms with Crippen LogP contribution in [0.1, 0.15) is 36.3 Å². The zero-order valence-electron chi connectivity index (χ0n) is 16.8. The molecule has 0 aliphatic heterocycles. The summed E-state index contributed by atoms with van der Waals surface area (Å²) in [6.07, 6.45) is 0.808. The van der Waals surface area contributed by atoms with Crippen molar-refractivity contribution in [2.24, 2.45) is 5.14 Å². The van der Waals surface area contributed by atoms with E-state index in [1.165, 1.54) is 12.1 Å². The SMILES string of the molecule is Cc1cc(C)n(CCCNC(=O)CN(C)C(C)c2ccc(S(N)(=O)=O)cc2)n1. The molecule has 1 heterocycles. The first kappa shape index (κ1) is 22.1. The number of carbonyl (C=O) groups is 1. The van der Waals surface area contributed by atoms with Crippen LogP contribution >= 0.6 is 0 Å². The third kappa shape index (κ3) is 6.15. The second kappa shape index (κ2) is 9.31. The number of likely N-dealkylation sites (N-methyl/N-ethyl adjacent to an activating group) is 1. The summed E-state index contributed by atoms with van der Waals surface area (Å²) in [5, 5.41) is 12.4.